The monoisotopic (exact) mass is 403 g/mol. The first-order valence-electron chi connectivity index (χ1n) is 8.93. The van der Waals surface area contributed by atoms with Crippen LogP contribution in [0.1, 0.15) is 30.7 Å². The summed E-state index contributed by atoms with van der Waals surface area (Å²) >= 11 is 0. The molecule has 3 rings (SSSR count). The maximum absolute atomic E-state index is 13.8. The molecule has 0 aliphatic carbocycles. The summed E-state index contributed by atoms with van der Waals surface area (Å²) < 4.78 is 40.0. The normalized spacial score (nSPS) is 12.0. The van der Waals surface area contributed by atoms with Gasteiger partial charge in [-0.2, -0.15) is 0 Å². The van der Waals surface area contributed by atoms with Crippen LogP contribution < -0.4 is 0 Å². The van der Waals surface area contributed by atoms with Crippen molar-refractivity contribution in [3.8, 4) is 0 Å². The summed E-state index contributed by atoms with van der Waals surface area (Å²) in [5.74, 6) is -1.36. The Kier molecular flexibility index (Phi) is 5.30. The second-order valence-corrected chi connectivity index (χ2v) is 9.62. The summed E-state index contributed by atoms with van der Waals surface area (Å²) in [6, 6.07) is 11.0. The Labute approximate surface area is 163 Å². The number of aromatic nitrogens is 1. The summed E-state index contributed by atoms with van der Waals surface area (Å²) in [7, 11) is -3.34. The molecule has 0 unspecified atom stereocenters. The minimum atomic E-state index is -3.34. The number of benzene rings is 2. The fourth-order valence-electron chi connectivity index (χ4n) is 3.36. The van der Waals surface area contributed by atoms with Crippen LogP contribution in [0.3, 0.4) is 0 Å². The molecule has 0 radical (unpaired) electrons. The van der Waals surface area contributed by atoms with Crippen LogP contribution in [-0.2, 0) is 27.6 Å². The standard InChI is InChI=1S/C21H22FNO4S/c1-13(2)28(26,27)17-7-4-15(5-8-17)10-18-14(3)23(12-21(24)25)20-9-6-16(22)11-19(18)20/h4-9,11,13H,10,12H2,1-3H3,(H,24,25). The highest BCUT2D eigenvalue weighted by atomic mass is 32.2. The quantitative estimate of drug-likeness (QED) is 0.676. The molecule has 0 amide bonds. The number of halogens is 1. The lowest BCUT2D eigenvalue weighted by Gasteiger charge is -2.09. The molecule has 7 heteroatoms. The van der Waals surface area contributed by atoms with Gasteiger partial charge in [0.05, 0.1) is 10.1 Å². The van der Waals surface area contributed by atoms with E-state index in [1.165, 1.54) is 12.1 Å². The van der Waals surface area contributed by atoms with E-state index in [0.29, 0.717) is 17.3 Å². The molecule has 0 saturated heterocycles. The van der Waals surface area contributed by atoms with Gasteiger partial charge >= 0.3 is 5.97 Å². The topological polar surface area (TPSA) is 76.4 Å². The smallest absolute Gasteiger partial charge is 0.323 e. The molecular weight excluding hydrogens is 381 g/mol. The minimum absolute atomic E-state index is 0.209. The molecule has 1 aromatic heterocycles. The third-order valence-electron chi connectivity index (χ3n) is 4.96. The molecule has 5 nitrogen and oxygen atoms in total. The maximum atomic E-state index is 13.8. The van der Waals surface area contributed by atoms with Crippen molar-refractivity contribution < 1.29 is 22.7 Å². The lowest BCUT2D eigenvalue weighted by Crippen LogP contribution is -2.13. The third kappa shape index (κ3) is 3.67. The maximum Gasteiger partial charge on any atom is 0.323 e. The van der Waals surface area contributed by atoms with Crippen LogP contribution in [0.15, 0.2) is 47.4 Å². The molecule has 0 bridgehead atoms. The van der Waals surface area contributed by atoms with Crippen molar-refractivity contribution in [2.45, 2.75) is 43.9 Å². The number of rotatable bonds is 6. The average Bonchev–Trinajstić information content (AvgIpc) is 2.87. The Morgan fingerprint density at radius 2 is 1.79 bits per heavy atom. The number of carboxylic acids is 1. The average molecular weight is 403 g/mol. The van der Waals surface area contributed by atoms with Crippen molar-refractivity contribution in [2.24, 2.45) is 0 Å². The number of aliphatic carboxylic acids is 1. The Balaban J connectivity index is 2.04. The zero-order chi connectivity index (χ0) is 20.6. The zero-order valence-corrected chi connectivity index (χ0v) is 16.8. The van der Waals surface area contributed by atoms with Crippen molar-refractivity contribution in [3.05, 3.63) is 65.1 Å². The van der Waals surface area contributed by atoms with Gasteiger partial charge in [-0.3, -0.25) is 4.79 Å². The lowest BCUT2D eigenvalue weighted by molar-refractivity contribution is -0.137. The second kappa shape index (κ2) is 7.39. The SMILES string of the molecule is Cc1c(Cc2ccc(S(=O)(=O)C(C)C)cc2)c2cc(F)ccc2n1CC(=O)O. The molecule has 0 aliphatic heterocycles. The van der Waals surface area contributed by atoms with Crippen LogP contribution in [0, 0.1) is 12.7 Å². The van der Waals surface area contributed by atoms with Gasteiger partial charge in [-0.25, -0.2) is 12.8 Å². The van der Waals surface area contributed by atoms with Crippen molar-refractivity contribution in [1.82, 2.24) is 4.57 Å². The first-order valence-corrected chi connectivity index (χ1v) is 10.5. The third-order valence-corrected chi connectivity index (χ3v) is 7.13. The summed E-state index contributed by atoms with van der Waals surface area (Å²) in [6.07, 6.45) is 0.445. The molecule has 148 valence electrons. The molecule has 1 N–H and O–H groups in total. The first kappa shape index (κ1) is 20.1. The Hall–Kier alpha value is -2.67. The molecule has 3 aromatic rings. The number of nitrogens with zero attached hydrogens (tertiary/aromatic N) is 1. The van der Waals surface area contributed by atoms with E-state index < -0.39 is 21.1 Å². The summed E-state index contributed by atoms with van der Waals surface area (Å²) in [6.45, 7) is 4.88. The molecule has 0 aliphatic rings. The zero-order valence-electron chi connectivity index (χ0n) is 15.9. The van der Waals surface area contributed by atoms with Gasteiger partial charge in [0.2, 0.25) is 0 Å². The predicted octanol–water partition coefficient (Wildman–Crippen LogP) is 3.95. The second-order valence-electron chi connectivity index (χ2n) is 7.12. The highest BCUT2D eigenvalue weighted by Gasteiger charge is 2.20. The van der Waals surface area contributed by atoms with Crippen molar-refractivity contribution in [1.29, 1.82) is 0 Å². The molecule has 0 saturated carbocycles. The molecule has 0 spiro atoms. The predicted molar refractivity (Wildman–Crippen MR) is 106 cm³/mol. The van der Waals surface area contributed by atoms with Crippen LogP contribution in [0.2, 0.25) is 0 Å². The highest BCUT2D eigenvalue weighted by Crippen LogP contribution is 2.29. The molecule has 28 heavy (non-hydrogen) atoms. The number of hydrogen-bond donors (Lipinski definition) is 1. The van der Waals surface area contributed by atoms with Crippen LogP contribution in [0.4, 0.5) is 4.39 Å². The number of sulfone groups is 1. The molecule has 1 heterocycles. The van der Waals surface area contributed by atoms with Crippen LogP contribution >= 0.6 is 0 Å². The molecule has 0 fully saturated rings. The number of fused-ring (bicyclic) bond motifs is 1. The minimum Gasteiger partial charge on any atom is -0.480 e. The van der Waals surface area contributed by atoms with Crippen molar-refractivity contribution in [2.75, 3.05) is 0 Å². The number of carboxylic acid groups (broad SMARTS) is 1. The van der Waals surface area contributed by atoms with Crippen LogP contribution in [-0.4, -0.2) is 29.3 Å². The molecular formula is C21H22FNO4S. The molecule has 0 atom stereocenters. The lowest BCUT2D eigenvalue weighted by atomic mass is 10.0. The van der Waals surface area contributed by atoms with Gasteiger partial charge in [-0.05, 0) is 68.7 Å². The summed E-state index contributed by atoms with van der Waals surface area (Å²) in [5.41, 5.74) is 3.11. The van der Waals surface area contributed by atoms with Gasteiger partial charge in [0.15, 0.2) is 9.84 Å². The fraction of sp³-hybridized carbons (Fsp3) is 0.286. The number of hydrogen-bond acceptors (Lipinski definition) is 3. The summed E-state index contributed by atoms with van der Waals surface area (Å²) in [4.78, 5) is 11.5. The van der Waals surface area contributed by atoms with E-state index in [2.05, 4.69) is 0 Å². The van der Waals surface area contributed by atoms with E-state index in [1.807, 2.05) is 6.92 Å². The Morgan fingerprint density at radius 3 is 2.36 bits per heavy atom. The van der Waals surface area contributed by atoms with Crippen LogP contribution in [0.5, 0.6) is 0 Å². The largest absolute Gasteiger partial charge is 0.480 e. The van der Waals surface area contributed by atoms with Gasteiger partial charge in [0, 0.05) is 16.6 Å². The molecule has 2 aromatic carbocycles. The van der Waals surface area contributed by atoms with Gasteiger partial charge in [-0.15, -0.1) is 0 Å². The van der Waals surface area contributed by atoms with Gasteiger partial charge < -0.3 is 9.67 Å². The van der Waals surface area contributed by atoms with E-state index in [0.717, 1.165) is 16.8 Å². The van der Waals surface area contributed by atoms with Gasteiger partial charge in [-0.1, -0.05) is 12.1 Å². The fourth-order valence-corrected chi connectivity index (χ4v) is 4.42. The van der Waals surface area contributed by atoms with Crippen molar-refractivity contribution in [3.63, 3.8) is 0 Å². The van der Waals surface area contributed by atoms with E-state index >= 15 is 0 Å². The van der Waals surface area contributed by atoms with Gasteiger partial charge in [0.1, 0.15) is 12.4 Å². The Bertz CT molecular complexity index is 1150. The van der Waals surface area contributed by atoms with E-state index in [4.69, 9.17) is 0 Å². The van der Waals surface area contributed by atoms with E-state index in [9.17, 15) is 22.7 Å². The highest BCUT2D eigenvalue weighted by molar-refractivity contribution is 7.92. The van der Waals surface area contributed by atoms with E-state index in [1.54, 1.807) is 48.7 Å². The number of carbonyl (C=O) groups is 1. The van der Waals surface area contributed by atoms with Gasteiger partial charge in [0.25, 0.3) is 0 Å². The first-order chi connectivity index (χ1) is 13.1. The summed E-state index contributed by atoms with van der Waals surface area (Å²) in [5, 5.41) is 9.37. The van der Waals surface area contributed by atoms with E-state index in [-0.39, 0.29) is 17.3 Å². The Morgan fingerprint density at radius 1 is 1.14 bits per heavy atom. The van der Waals surface area contributed by atoms with Crippen molar-refractivity contribution >= 4 is 26.7 Å². The van der Waals surface area contributed by atoms with Crippen LogP contribution in [0.25, 0.3) is 10.9 Å².